The van der Waals surface area contributed by atoms with Crippen LogP contribution in [0, 0.1) is 5.92 Å². The topological polar surface area (TPSA) is 110 Å². The van der Waals surface area contributed by atoms with Crippen molar-refractivity contribution in [1.29, 1.82) is 0 Å². The molecule has 1 aliphatic rings. The van der Waals surface area contributed by atoms with Crippen molar-refractivity contribution in [3.05, 3.63) is 0 Å². The van der Waals surface area contributed by atoms with Gasteiger partial charge in [-0.25, -0.2) is 13.2 Å². The molecular weight excluding hydrogens is 250 g/mol. The summed E-state index contributed by atoms with van der Waals surface area (Å²) in [5, 5.41) is 10.8. The van der Waals surface area contributed by atoms with Gasteiger partial charge in [0.25, 0.3) is 0 Å². The van der Waals surface area contributed by atoms with E-state index in [2.05, 4.69) is 10.1 Å². The van der Waals surface area contributed by atoms with Gasteiger partial charge in [0.15, 0.2) is 9.84 Å². The molecular formula is C9H15NO6S. The molecule has 0 aromatic carbocycles. The zero-order valence-corrected chi connectivity index (χ0v) is 10.0. The fourth-order valence-corrected chi connectivity index (χ4v) is 3.44. The van der Waals surface area contributed by atoms with Crippen LogP contribution in [0.15, 0.2) is 0 Å². The van der Waals surface area contributed by atoms with Gasteiger partial charge in [0.1, 0.15) is 13.2 Å². The van der Waals surface area contributed by atoms with Crippen LogP contribution < -0.4 is 5.32 Å². The standard InChI is InChI=1S/C9H15NO6S/c11-8(4-16-5-9(12)13)10-3-7-1-2-17(14,15)6-7/h7H,1-6H2,(H,10,11)(H,12,13). The minimum Gasteiger partial charge on any atom is -0.480 e. The quantitative estimate of drug-likeness (QED) is 0.613. The lowest BCUT2D eigenvalue weighted by atomic mass is 10.1. The molecule has 0 saturated carbocycles. The number of hydrogen-bond acceptors (Lipinski definition) is 5. The Morgan fingerprint density at radius 3 is 2.59 bits per heavy atom. The molecule has 98 valence electrons. The van der Waals surface area contributed by atoms with E-state index in [-0.39, 0.29) is 30.6 Å². The van der Waals surface area contributed by atoms with Crippen molar-refractivity contribution in [3.8, 4) is 0 Å². The minimum atomic E-state index is -2.93. The fraction of sp³-hybridized carbons (Fsp3) is 0.778. The molecule has 0 radical (unpaired) electrons. The number of amides is 1. The van der Waals surface area contributed by atoms with Crippen molar-refractivity contribution >= 4 is 21.7 Å². The Kier molecular flexibility index (Phi) is 4.88. The Balaban J connectivity index is 2.14. The van der Waals surface area contributed by atoms with Gasteiger partial charge >= 0.3 is 5.97 Å². The van der Waals surface area contributed by atoms with Gasteiger partial charge < -0.3 is 15.2 Å². The monoisotopic (exact) mass is 265 g/mol. The molecule has 1 heterocycles. The van der Waals surface area contributed by atoms with Gasteiger partial charge in [0, 0.05) is 6.54 Å². The Labute approximate surface area is 99.1 Å². The van der Waals surface area contributed by atoms with Gasteiger partial charge in [-0.1, -0.05) is 0 Å². The summed E-state index contributed by atoms with van der Waals surface area (Å²) in [5.74, 6) is -1.36. The molecule has 0 aromatic heterocycles. The molecule has 7 nitrogen and oxygen atoms in total. The number of carbonyl (C=O) groups excluding carboxylic acids is 1. The van der Waals surface area contributed by atoms with Crippen LogP contribution in [-0.4, -0.2) is 56.7 Å². The van der Waals surface area contributed by atoms with E-state index >= 15 is 0 Å². The summed E-state index contributed by atoms with van der Waals surface area (Å²) in [6.07, 6.45) is 0.554. The second kappa shape index (κ2) is 5.97. The highest BCUT2D eigenvalue weighted by atomic mass is 32.2. The first-order valence-corrected chi connectivity index (χ1v) is 6.98. The van der Waals surface area contributed by atoms with Gasteiger partial charge in [-0.3, -0.25) is 4.79 Å². The molecule has 1 atom stereocenters. The lowest BCUT2D eigenvalue weighted by molar-refractivity contribution is -0.143. The SMILES string of the molecule is O=C(O)COCC(=O)NCC1CCS(=O)(=O)C1. The third-order valence-corrected chi connectivity index (χ3v) is 4.21. The van der Waals surface area contributed by atoms with Gasteiger partial charge in [-0.05, 0) is 12.3 Å². The number of carbonyl (C=O) groups is 2. The highest BCUT2D eigenvalue weighted by molar-refractivity contribution is 7.91. The molecule has 0 bridgehead atoms. The van der Waals surface area contributed by atoms with E-state index in [0.29, 0.717) is 6.42 Å². The molecule has 1 saturated heterocycles. The van der Waals surface area contributed by atoms with Crippen molar-refractivity contribution in [1.82, 2.24) is 5.32 Å². The first-order valence-electron chi connectivity index (χ1n) is 5.16. The Morgan fingerprint density at radius 2 is 2.06 bits per heavy atom. The Bertz CT molecular complexity index is 390. The van der Waals surface area contributed by atoms with Crippen LogP contribution in [0.4, 0.5) is 0 Å². The van der Waals surface area contributed by atoms with Crippen LogP contribution in [0.25, 0.3) is 0 Å². The number of carboxylic acids is 1. The van der Waals surface area contributed by atoms with Crippen LogP contribution in [0.1, 0.15) is 6.42 Å². The van der Waals surface area contributed by atoms with Crippen molar-refractivity contribution in [3.63, 3.8) is 0 Å². The Morgan fingerprint density at radius 1 is 1.35 bits per heavy atom. The maximum Gasteiger partial charge on any atom is 0.329 e. The van der Waals surface area contributed by atoms with E-state index in [4.69, 9.17) is 5.11 Å². The number of aliphatic carboxylic acids is 1. The highest BCUT2D eigenvalue weighted by Gasteiger charge is 2.27. The summed E-state index contributed by atoms with van der Waals surface area (Å²) in [4.78, 5) is 21.3. The number of ether oxygens (including phenoxy) is 1. The molecule has 8 heteroatoms. The van der Waals surface area contributed by atoms with Crippen LogP contribution in [0.3, 0.4) is 0 Å². The van der Waals surface area contributed by atoms with Gasteiger partial charge in [-0.15, -0.1) is 0 Å². The molecule has 0 spiro atoms. The number of carboxylic acid groups (broad SMARTS) is 1. The summed E-state index contributed by atoms with van der Waals surface area (Å²) in [7, 11) is -2.93. The summed E-state index contributed by atoms with van der Waals surface area (Å²) in [5.41, 5.74) is 0. The predicted octanol–water partition coefficient (Wildman–Crippen LogP) is -1.36. The first kappa shape index (κ1) is 13.9. The zero-order chi connectivity index (χ0) is 12.9. The normalized spacial score (nSPS) is 22.2. The van der Waals surface area contributed by atoms with Crippen molar-refractivity contribution in [2.24, 2.45) is 5.92 Å². The van der Waals surface area contributed by atoms with Crippen LogP contribution in [-0.2, 0) is 24.2 Å². The summed E-state index contributed by atoms with van der Waals surface area (Å²) in [6, 6.07) is 0. The molecule has 1 fully saturated rings. The van der Waals surface area contributed by atoms with E-state index in [1.165, 1.54) is 0 Å². The van der Waals surface area contributed by atoms with Crippen molar-refractivity contribution in [2.45, 2.75) is 6.42 Å². The second-order valence-electron chi connectivity index (χ2n) is 3.96. The minimum absolute atomic E-state index is 0.0524. The molecule has 1 unspecified atom stereocenters. The average molecular weight is 265 g/mol. The van der Waals surface area contributed by atoms with Crippen LogP contribution in [0.5, 0.6) is 0 Å². The molecule has 0 aromatic rings. The van der Waals surface area contributed by atoms with E-state index in [0.717, 1.165) is 0 Å². The average Bonchev–Trinajstić information content (AvgIpc) is 2.55. The lowest BCUT2D eigenvalue weighted by Gasteiger charge is -2.09. The summed E-state index contributed by atoms with van der Waals surface area (Å²) < 4.78 is 26.8. The van der Waals surface area contributed by atoms with Crippen molar-refractivity contribution < 1.29 is 27.9 Å². The van der Waals surface area contributed by atoms with Gasteiger partial charge in [0.05, 0.1) is 11.5 Å². The maximum absolute atomic E-state index is 11.2. The molecule has 0 aliphatic carbocycles. The molecule has 1 aliphatic heterocycles. The number of nitrogens with one attached hydrogen (secondary N) is 1. The van der Waals surface area contributed by atoms with E-state index in [1.54, 1.807) is 0 Å². The van der Waals surface area contributed by atoms with E-state index in [9.17, 15) is 18.0 Å². The van der Waals surface area contributed by atoms with E-state index in [1.807, 2.05) is 0 Å². The predicted molar refractivity (Wildman–Crippen MR) is 58.2 cm³/mol. The highest BCUT2D eigenvalue weighted by Crippen LogP contribution is 2.17. The maximum atomic E-state index is 11.2. The zero-order valence-electron chi connectivity index (χ0n) is 9.22. The molecule has 2 N–H and O–H groups in total. The van der Waals surface area contributed by atoms with E-state index < -0.39 is 28.3 Å². The third kappa shape index (κ3) is 5.64. The van der Waals surface area contributed by atoms with Crippen molar-refractivity contribution in [2.75, 3.05) is 31.3 Å². The molecule has 17 heavy (non-hydrogen) atoms. The van der Waals surface area contributed by atoms with Crippen LogP contribution >= 0.6 is 0 Å². The smallest absolute Gasteiger partial charge is 0.329 e. The number of rotatable bonds is 6. The van der Waals surface area contributed by atoms with Gasteiger partial charge in [-0.2, -0.15) is 0 Å². The fourth-order valence-electron chi connectivity index (χ4n) is 1.57. The summed E-state index contributed by atoms with van der Waals surface area (Å²) in [6.45, 7) is -0.564. The Hall–Kier alpha value is -1.15. The largest absolute Gasteiger partial charge is 0.480 e. The third-order valence-electron chi connectivity index (χ3n) is 2.37. The molecule has 1 rings (SSSR count). The number of hydrogen-bond donors (Lipinski definition) is 2. The van der Waals surface area contributed by atoms with Crippen LogP contribution in [0.2, 0.25) is 0 Å². The molecule has 1 amide bonds. The summed E-state index contributed by atoms with van der Waals surface area (Å²) >= 11 is 0. The lowest BCUT2D eigenvalue weighted by Crippen LogP contribution is -2.33. The second-order valence-corrected chi connectivity index (χ2v) is 6.19. The number of sulfone groups is 1. The van der Waals surface area contributed by atoms with Gasteiger partial charge in [0.2, 0.25) is 5.91 Å². The first-order chi connectivity index (χ1) is 7.89.